The number of likely N-dealkylation sites (tertiary alicyclic amines) is 1. The number of para-hydroxylation sites is 2. The molecule has 1 atom stereocenters. The Balaban J connectivity index is 1.44. The minimum atomic E-state index is -0.547. The van der Waals surface area contributed by atoms with Gasteiger partial charge in [-0.15, -0.1) is 11.3 Å². The van der Waals surface area contributed by atoms with Crippen molar-refractivity contribution < 1.29 is 9.53 Å². The third-order valence-corrected chi connectivity index (χ3v) is 6.27. The molecular weight excluding hydrogens is 388 g/mol. The number of benzene rings is 1. The average molecular weight is 410 g/mol. The van der Waals surface area contributed by atoms with Crippen LogP contribution >= 0.6 is 11.3 Å². The van der Waals surface area contributed by atoms with Crippen LogP contribution in [0.5, 0.6) is 5.75 Å². The summed E-state index contributed by atoms with van der Waals surface area (Å²) < 4.78 is 7.63. The van der Waals surface area contributed by atoms with Gasteiger partial charge in [0.05, 0.1) is 24.5 Å². The first-order valence-electron chi connectivity index (χ1n) is 9.94. The van der Waals surface area contributed by atoms with Crippen molar-refractivity contribution in [2.75, 3.05) is 24.5 Å². The number of nitrogens with zero attached hydrogens (tertiary/aromatic N) is 4. The quantitative estimate of drug-likeness (QED) is 0.664. The number of fused-ring (bicyclic) bond motifs is 2. The third-order valence-electron chi connectivity index (χ3n) is 5.51. The first-order chi connectivity index (χ1) is 14.2. The first-order valence-corrected chi connectivity index (χ1v) is 10.8. The van der Waals surface area contributed by atoms with Gasteiger partial charge >= 0.3 is 0 Å². The van der Waals surface area contributed by atoms with Crippen LogP contribution < -0.4 is 15.2 Å². The van der Waals surface area contributed by atoms with E-state index < -0.39 is 6.10 Å². The SMILES string of the molecule is O=C([C@@H]1CN(Cc2cc(=O)n3ccsc3n2)c2ccccc2O1)N1CCCCC1. The van der Waals surface area contributed by atoms with E-state index in [-0.39, 0.29) is 11.5 Å². The molecule has 0 radical (unpaired) electrons. The molecule has 2 aromatic heterocycles. The number of rotatable bonds is 3. The second-order valence-electron chi connectivity index (χ2n) is 7.48. The van der Waals surface area contributed by atoms with Crippen molar-refractivity contribution in [2.45, 2.75) is 31.9 Å². The Labute approximate surface area is 172 Å². The molecule has 0 spiro atoms. The summed E-state index contributed by atoms with van der Waals surface area (Å²) in [5.41, 5.74) is 1.52. The van der Waals surface area contributed by atoms with E-state index >= 15 is 0 Å². The highest BCUT2D eigenvalue weighted by Crippen LogP contribution is 2.34. The second-order valence-corrected chi connectivity index (χ2v) is 8.36. The fraction of sp³-hybridized carbons (Fsp3) is 0.381. The predicted octanol–water partition coefficient (Wildman–Crippen LogP) is 2.54. The molecule has 1 amide bonds. The monoisotopic (exact) mass is 410 g/mol. The summed E-state index contributed by atoms with van der Waals surface area (Å²) in [6, 6.07) is 9.30. The van der Waals surface area contributed by atoms with Gasteiger partial charge in [0.25, 0.3) is 11.5 Å². The number of hydrogen-bond acceptors (Lipinski definition) is 6. The van der Waals surface area contributed by atoms with E-state index in [1.807, 2.05) is 34.5 Å². The molecule has 3 aromatic rings. The van der Waals surface area contributed by atoms with Crippen molar-refractivity contribution in [3.63, 3.8) is 0 Å². The maximum Gasteiger partial charge on any atom is 0.265 e. The molecule has 5 rings (SSSR count). The molecule has 150 valence electrons. The Hall–Kier alpha value is -2.87. The molecule has 0 bridgehead atoms. The molecule has 1 fully saturated rings. The number of carbonyl (C=O) groups is 1. The average Bonchev–Trinajstić information content (AvgIpc) is 3.23. The highest BCUT2D eigenvalue weighted by atomic mass is 32.1. The Kier molecular flexibility index (Phi) is 4.71. The number of piperidine rings is 1. The lowest BCUT2D eigenvalue weighted by Gasteiger charge is -2.38. The van der Waals surface area contributed by atoms with Gasteiger partial charge in [0.2, 0.25) is 0 Å². The van der Waals surface area contributed by atoms with E-state index in [1.165, 1.54) is 17.8 Å². The smallest absolute Gasteiger partial charge is 0.265 e. The lowest BCUT2D eigenvalue weighted by molar-refractivity contribution is -0.139. The van der Waals surface area contributed by atoms with Crippen LogP contribution in [-0.4, -0.2) is 45.9 Å². The van der Waals surface area contributed by atoms with Gasteiger partial charge in [-0.25, -0.2) is 4.98 Å². The number of anilines is 1. The summed E-state index contributed by atoms with van der Waals surface area (Å²) in [5.74, 6) is 0.744. The zero-order valence-corrected chi connectivity index (χ0v) is 16.8. The second kappa shape index (κ2) is 7.51. The maximum atomic E-state index is 13.1. The lowest BCUT2D eigenvalue weighted by atomic mass is 10.1. The summed E-state index contributed by atoms with van der Waals surface area (Å²) >= 11 is 1.44. The summed E-state index contributed by atoms with van der Waals surface area (Å²) in [7, 11) is 0. The van der Waals surface area contributed by atoms with Crippen molar-refractivity contribution >= 4 is 27.9 Å². The fourth-order valence-electron chi connectivity index (χ4n) is 4.07. The summed E-state index contributed by atoms with van der Waals surface area (Å²) in [4.78, 5) is 34.7. The number of carbonyl (C=O) groups excluding carboxylic acids is 1. The van der Waals surface area contributed by atoms with Crippen LogP contribution in [0.4, 0.5) is 5.69 Å². The van der Waals surface area contributed by atoms with Crippen molar-refractivity contribution in [1.29, 1.82) is 0 Å². The molecule has 29 heavy (non-hydrogen) atoms. The molecule has 2 aliphatic rings. The highest BCUT2D eigenvalue weighted by molar-refractivity contribution is 7.15. The van der Waals surface area contributed by atoms with E-state index in [9.17, 15) is 9.59 Å². The zero-order chi connectivity index (χ0) is 19.8. The Morgan fingerprint density at radius 2 is 2.03 bits per heavy atom. The van der Waals surface area contributed by atoms with Crippen LogP contribution in [0.2, 0.25) is 0 Å². The molecule has 0 N–H and O–H groups in total. The first kappa shape index (κ1) is 18.2. The minimum absolute atomic E-state index is 0.0472. The third kappa shape index (κ3) is 3.48. The number of amides is 1. The number of hydrogen-bond donors (Lipinski definition) is 0. The number of ether oxygens (including phenoxy) is 1. The van der Waals surface area contributed by atoms with Crippen LogP contribution in [-0.2, 0) is 11.3 Å². The largest absolute Gasteiger partial charge is 0.477 e. The molecule has 0 aliphatic carbocycles. The van der Waals surface area contributed by atoms with Crippen molar-refractivity contribution in [3.8, 4) is 5.75 Å². The predicted molar refractivity (Wildman–Crippen MR) is 112 cm³/mol. The van der Waals surface area contributed by atoms with Gasteiger partial charge in [-0.2, -0.15) is 0 Å². The Morgan fingerprint density at radius 1 is 1.21 bits per heavy atom. The summed E-state index contributed by atoms with van der Waals surface area (Å²) in [6.07, 6.45) is 4.46. The molecule has 4 heterocycles. The van der Waals surface area contributed by atoms with Crippen LogP contribution in [0.15, 0.2) is 46.7 Å². The topological polar surface area (TPSA) is 67.2 Å². The van der Waals surface area contributed by atoms with Gasteiger partial charge in [0, 0.05) is 30.7 Å². The highest BCUT2D eigenvalue weighted by Gasteiger charge is 2.34. The maximum absolute atomic E-state index is 13.1. The number of aromatic nitrogens is 2. The van der Waals surface area contributed by atoms with Crippen molar-refractivity contribution in [3.05, 3.63) is 58.0 Å². The summed E-state index contributed by atoms with van der Waals surface area (Å²) in [5, 5.41) is 1.85. The normalized spacial score (nSPS) is 19.1. The Morgan fingerprint density at radius 3 is 2.90 bits per heavy atom. The van der Waals surface area contributed by atoms with Gasteiger partial charge in [0.1, 0.15) is 5.75 Å². The van der Waals surface area contributed by atoms with Gasteiger partial charge in [-0.1, -0.05) is 12.1 Å². The van der Waals surface area contributed by atoms with Gasteiger partial charge in [0.15, 0.2) is 11.1 Å². The zero-order valence-electron chi connectivity index (χ0n) is 16.0. The van der Waals surface area contributed by atoms with Crippen molar-refractivity contribution in [2.24, 2.45) is 0 Å². The van der Waals surface area contributed by atoms with Crippen LogP contribution in [0.25, 0.3) is 4.96 Å². The van der Waals surface area contributed by atoms with E-state index in [4.69, 9.17) is 4.74 Å². The Bertz CT molecular complexity index is 1100. The molecule has 8 heteroatoms. The van der Waals surface area contributed by atoms with Crippen molar-refractivity contribution in [1.82, 2.24) is 14.3 Å². The molecule has 1 aromatic carbocycles. The fourth-order valence-corrected chi connectivity index (χ4v) is 4.81. The van der Waals surface area contributed by atoms with E-state index in [0.717, 1.165) is 31.6 Å². The van der Waals surface area contributed by atoms with Crippen LogP contribution in [0.1, 0.15) is 25.0 Å². The molecule has 1 saturated heterocycles. The van der Waals surface area contributed by atoms with Crippen LogP contribution in [0.3, 0.4) is 0 Å². The van der Waals surface area contributed by atoms with Gasteiger partial charge < -0.3 is 14.5 Å². The molecule has 0 saturated carbocycles. The molecular formula is C21H22N4O3S. The molecule has 0 unspecified atom stereocenters. The molecule has 2 aliphatic heterocycles. The summed E-state index contributed by atoms with van der Waals surface area (Å²) in [6.45, 7) is 2.49. The van der Waals surface area contributed by atoms with E-state index in [2.05, 4.69) is 9.88 Å². The van der Waals surface area contributed by atoms with E-state index in [0.29, 0.717) is 29.5 Å². The van der Waals surface area contributed by atoms with E-state index in [1.54, 1.807) is 16.7 Å². The minimum Gasteiger partial charge on any atom is -0.477 e. The standard InChI is InChI=1S/C21H22N4O3S/c26-19-12-15(22-21-25(19)10-11-29-21)13-24-14-18(20(27)23-8-4-1-5-9-23)28-17-7-3-2-6-16(17)24/h2-3,6-7,10-12,18H,1,4-5,8-9,13-14H2/t18-/m0/s1. The molecule has 7 nitrogen and oxygen atoms in total. The van der Waals surface area contributed by atoms with Crippen LogP contribution in [0, 0.1) is 0 Å². The van der Waals surface area contributed by atoms with Gasteiger partial charge in [-0.3, -0.25) is 14.0 Å². The number of thiazole rings is 1. The van der Waals surface area contributed by atoms with Gasteiger partial charge in [-0.05, 0) is 31.4 Å². The lowest BCUT2D eigenvalue weighted by Crippen LogP contribution is -2.51.